The van der Waals surface area contributed by atoms with Gasteiger partial charge in [0.05, 0.1) is 12.6 Å². The monoisotopic (exact) mass is 283 g/mol. The molecule has 1 saturated heterocycles. The van der Waals surface area contributed by atoms with Gasteiger partial charge < -0.3 is 5.11 Å². The molecule has 1 aliphatic heterocycles. The number of likely N-dealkylation sites (tertiary alicyclic amines) is 1. The number of β-amino-alcohol motifs (C(OH)–C–C–N with tert-alkyl or cyclic N) is 1. The van der Waals surface area contributed by atoms with Crippen molar-refractivity contribution in [2.24, 2.45) is 0 Å². The van der Waals surface area contributed by atoms with Crippen LogP contribution in [0.1, 0.15) is 37.4 Å². The van der Waals surface area contributed by atoms with Gasteiger partial charge in [-0.2, -0.15) is 0 Å². The third-order valence-corrected chi connectivity index (χ3v) is 3.33. The van der Waals surface area contributed by atoms with Gasteiger partial charge in [0.25, 0.3) is 0 Å². The number of halogens is 2. The third-order valence-electron chi connectivity index (χ3n) is 3.33. The number of aliphatic hydroxyl groups excluding tert-OH is 1. The van der Waals surface area contributed by atoms with Crippen molar-refractivity contribution < 1.29 is 23.5 Å². The molecule has 1 aromatic rings. The molecule has 1 atom stereocenters. The second kappa shape index (κ2) is 6.09. The molecule has 1 heterocycles. The van der Waals surface area contributed by atoms with Crippen LogP contribution in [0.4, 0.5) is 8.78 Å². The summed E-state index contributed by atoms with van der Waals surface area (Å²) in [7, 11) is 0. The van der Waals surface area contributed by atoms with Crippen LogP contribution in [0, 0.1) is 11.6 Å². The topological polar surface area (TPSA) is 57.6 Å². The van der Waals surface area contributed by atoms with Crippen LogP contribution in [-0.2, 0) is 9.59 Å². The number of carbonyl (C=O) groups excluding carboxylic acids is 2. The van der Waals surface area contributed by atoms with Crippen molar-refractivity contribution in [3.05, 3.63) is 35.4 Å². The van der Waals surface area contributed by atoms with Crippen molar-refractivity contribution in [3.63, 3.8) is 0 Å². The first-order valence-corrected chi connectivity index (χ1v) is 6.46. The minimum absolute atomic E-state index is 0.226. The zero-order valence-electron chi connectivity index (χ0n) is 10.8. The van der Waals surface area contributed by atoms with E-state index < -0.39 is 17.7 Å². The van der Waals surface area contributed by atoms with Crippen LogP contribution < -0.4 is 0 Å². The van der Waals surface area contributed by atoms with Crippen LogP contribution in [0.3, 0.4) is 0 Å². The normalized spacial score (nSPS) is 18.1. The Morgan fingerprint density at radius 1 is 1.15 bits per heavy atom. The minimum atomic E-state index is -1.43. The first-order chi connectivity index (χ1) is 9.50. The van der Waals surface area contributed by atoms with Gasteiger partial charge in [0.2, 0.25) is 11.8 Å². The number of imide groups is 1. The Kier molecular flexibility index (Phi) is 4.44. The molecule has 6 heteroatoms. The van der Waals surface area contributed by atoms with E-state index in [0.29, 0.717) is 12.8 Å². The van der Waals surface area contributed by atoms with E-state index in [1.807, 2.05) is 0 Å². The maximum absolute atomic E-state index is 13.6. The number of nitrogens with zero attached hydrogens (tertiary/aromatic N) is 1. The van der Waals surface area contributed by atoms with Crippen LogP contribution in [-0.4, -0.2) is 28.4 Å². The highest BCUT2D eigenvalue weighted by Crippen LogP contribution is 2.22. The Bertz CT molecular complexity index is 515. The second-order valence-electron chi connectivity index (χ2n) is 4.76. The Morgan fingerprint density at radius 3 is 2.35 bits per heavy atom. The maximum Gasteiger partial charge on any atom is 0.229 e. The maximum atomic E-state index is 13.6. The van der Waals surface area contributed by atoms with Crippen LogP contribution >= 0.6 is 0 Å². The van der Waals surface area contributed by atoms with Crippen molar-refractivity contribution in [1.82, 2.24) is 4.90 Å². The molecule has 0 aromatic heterocycles. The number of amides is 2. The van der Waals surface area contributed by atoms with Crippen molar-refractivity contribution in [2.45, 2.75) is 31.8 Å². The smallest absolute Gasteiger partial charge is 0.229 e. The lowest BCUT2D eigenvalue weighted by molar-refractivity contribution is -0.145. The van der Waals surface area contributed by atoms with Crippen LogP contribution in [0.2, 0.25) is 0 Å². The molecule has 1 N–H and O–H groups in total. The van der Waals surface area contributed by atoms with E-state index in [9.17, 15) is 23.5 Å². The van der Waals surface area contributed by atoms with Gasteiger partial charge in [-0.05, 0) is 18.9 Å². The molecular formula is C14H15F2NO3. The summed E-state index contributed by atoms with van der Waals surface area (Å²) in [6, 6.07) is 3.44. The van der Waals surface area contributed by atoms with Crippen molar-refractivity contribution >= 4 is 11.8 Å². The van der Waals surface area contributed by atoms with Gasteiger partial charge in [-0.1, -0.05) is 12.1 Å². The molecule has 4 nitrogen and oxygen atoms in total. The molecule has 20 heavy (non-hydrogen) atoms. The molecule has 1 fully saturated rings. The van der Waals surface area contributed by atoms with E-state index in [0.717, 1.165) is 11.0 Å². The fourth-order valence-corrected chi connectivity index (χ4v) is 2.21. The first-order valence-electron chi connectivity index (χ1n) is 6.46. The molecule has 0 radical (unpaired) electrons. The summed E-state index contributed by atoms with van der Waals surface area (Å²) in [5, 5.41) is 9.95. The zero-order chi connectivity index (χ0) is 14.7. The van der Waals surface area contributed by atoms with Gasteiger partial charge in [0.15, 0.2) is 11.6 Å². The average molecular weight is 283 g/mol. The number of hydrogen-bond acceptors (Lipinski definition) is 3. The third kappa shape index (κ3) is 3.01. The standard InChI is InChI=1S/C14H15F2NO3/c15-10-5-3-4-9(14(10)16)11(18)8-17-12(19)6-1-2-7-13(17)20/h3-5,11,18H,1-2,6-8H2. The molecule has 2 rings (SSSR count). The first kappa shape index (κ1) is 14.6. The largest absolute Gasteiger partial charge is 0.386 e. The van der Waals surface area contributed by atoms with Crippen molar-refractivity contribution in [2.75, 3.05) is 6.54 Å². The molecular weight excluding hydrogens is 268 g/mol. The van der Waals surface area contributed by atoms with Crippen LogP contribution in [0.5, 0.6) is 0 Å². The lowest BCUT2D eigenvalue weighted by atomic mass is 10.1. The molecule has 1 aromatic carbocycles. The second-order valence-corrected chi connectivity index (χ2v) is 4.76. The predicted octanol–water partition coefficient (Wildman–Crippen LogP) is 1.93. The summed E-state index contributed by atoms with van der Waals surface area (Å²) in [6.07, 6.45) is 0.252. The van der Waals surface area contributed by atoms with Crippen molar-refractivity contribution in [3.8, 4) is 0 Å². The number of aliphatic hydroxyl groups is 1. The molecule has 2 amide bonds. The SMILES string of the molecule is O=C1CCCCC(=O)N1CC(O)c1cccc(F)c1F. The highest BCUT2D eigenvalue weighted by Gasteiger charge is 2.27. The van der Waals surface area contributed by atoms with E-state index in [1.54, 1.807) is 0 Å². The van der Waals surface area contributed by atoms with Gasteiger partial charge in [0.1, 0.15) is 0 Å². The van der Waals surface area contributed by atoms with Crippen LogP contribution in [0.25, 0.3) is 0 Å². The highest BCUT2D eigenvalue weighted by molar-refractivity contribution is 5.96. The molecule has 0 saturated carbocycles. The van der Waals surface area contributed by atoms with E-state index in [-0.39, 0.29) is 36.8 Å². The van der Waals surface area contributed by atoms with Crippen LogP contribution in [0.15, 0.2) is 18.2 Å². The summed E-state index contributed by atoms with van der Waals surface area (Å²) >= 11 is 0. The molecule has 0 aliphatic carbocycles. The fraction of sp³-hybridized carbons (Fsp3) is 0.429. The molecule has 0 spiro atoms. The lowest BCUT2D eigenvalue weighted by Crippen LogP contribution is -2.38. The van der Waals surface area contributed by atoms with Gasteiger partial charge in [-0.15, -0.1) is 0 Å². The summed E-state index contributed by atoms with van der Waals surface area (Å²) in [5.74, 6) is -3.00. The highest BCUT2D eigenvalue weighted by atomic mass is 19.2. The summed E-state index contributed by atoms with van der Waals surface area (Å²) in [6.45, 7) is -0.349. The lowest BCUT2D eigenvalue weighted by Gasteiger charge is -2.22. The van der Waals surface area contributed by atoms with E-state index in [1.165, 1.54) is 12.1 Å². The van der Waals surface area contributed by atoms with Crippen molar-refractivity contribution in [1.29, 1.82) is 0 Å². The average Bonchev–Trinajstić information content (AvgIpc) is 2.57. The van der Waals surface area contributed by atoms with Gasteiger partial charge in [-0.3, -0.25) is 14.5 Å². The summed E-state index contributed by atoms with van der Waals surface area (Å²) in [5.41, 5.74) is -0.255. The Labute approximate surface area is 115 Å². The van der Waals surface area contributed by atoms with Gasteiger partial charge in [0, 0.05) is 18.4 Å². The number of rotatable bonds is 3. The van der Waals surface area contributed by atoms with E-state index >= 15 is 0 Å². The molecule has 0 bridgehead atoms. The fourth-order valence-electron chi connectivity index (χ4n) is 2.21. The number of benzene rings is 1. The van der Waals surface area contributed by atoms with Gasteiger partial charge >= 0.3 is 0 Å². The number of hydrogen-bond donors (Lipinski definition) is 1. The molecule has 108 valence electrons. The summed E-state index contributed by atoms with van der Waals surface area (Å²) < 4.78 is 26.7. The molecule has 1 aliphatic rings. The summed E-state index contributed by atoms with van der Waals surface area (Å²) in [4.78, 5) is 24.5. The molecule has 1 unspecified atom stereocenters. The Balaban J connectivity index is 2.17. The predicted molar refractivity (Wildman–Crippen MR) is 66.5 cm³/mol. The zero-order valence-corrected chi connectivity index (χ0v) is 10.8. The minimum Gasteiger partial charge on any atom is -0.386 e. The Hall–Kier alpha value is -1.82. The van der Waals surface area contributed by atoms with E-state index in [4.69, 9.17) is 0 Å². The van der Waals surface area contributed by atoms with Gasteiger partial charge in [-0.25, -0.2) is 8.78 Å². The Morgan fingerprint density at radius 2 is 1.75 bits per heavy atom. The van der Waals surface area contributed by atoms with E-state index in [2.05, 4.69) is 0 Å². The quantitative estimate of drug-likeness (QED) is 0.862. The number of carbonyl (C=O) groups is 2.